The summed E-state index contributed by atoms with van der Waals surface area (Å²) in [5.74, 6) is 0. The van der Waals surface area contributed by atoms with Crippen LogP contribution in [-0.2, 0) is 4.74 Å². The maximum atomic E-state index is 10.9. The molecule has 3 N–H and O–H groups in total. The van der Waals surface area contributed by atoms with Gasteiger partial charge in [0.2, 0.25) is 0 Å². The number of nitrogens with one attached hydrogen (secondary N) is 1. The van der Waals surface area contributed by atoms with Gasteiger partial charge in [-0.05, 0) is 37.5 Å². The highest BCUT2D eigenvalue weighted by molar-refractivity contribution is 5.89. The molecule has 1 atom stereocenters. The largest absolute Gasteiger partial charge is 0.443 e. The lowest BCUT2D eigenvalue weighted by molar-refractivity contribution is 0.0254. The molecule has 0 aromatic carbocycles. The van der Waals surface area contributed by atoms with Gasteiger partial charge < -0.3 is 15.5 Å². The fourth-order valence-corrected chi connectivity index (χ4v) is 2.72. The van der Waals surface area contributed by atoms with Gasteiger partial charge in [-0.15, -0.1) is 0 Å². The number of rotatable bonds is 2. The average molecular weight is 271 g/mol. The Morgan fingerprint density at radius 1 is 1.55 bits per heavy atom. The zero-order valence-electron chi connectivity index (χ0n) is 11.3. The van der Waals surface area contributed by atoms with E-state index in [1.807, 2.05) is 25.3 Å². The quantitative estimate of drug-likeness (QED) is 0.881. The first-order valence-corrected chi connectivity index (χ1v) is 6.67. The van der Waals surface area contributed by atoms with Crippen LogP contribution in [0.3, 0.4) is 0 Å². The molecule has 1 aliphatic rings. The fraction of sp³-hybridized carbons (Fsp3) is 0.333. The minimum Gasteiger partial charge on any atom is -0.443 e. The highest BCUT2D eigenvalue weighted by Gasteiger charge is 2.31. The minimum atomic E-state index is -0.710. The molecule has 5 nitrogen and oxygen atoms in total. The molecule has 2 aromatic rings. The van der Waals surface area contributed by atoms with E-state index >= 15 is 0 Å². The maximum absolute atomic E-state index is 10.9. The second-order valence-electron chi connectivity index (χ2n) is 5.41. The van der Waals surface area contributed by atoms with Gasteiger partial charge in [-0.3, -0.25) is 4.98 Å². The molecule has 5 heteroatoms. The van der Waals surface area contributed by atoms with Crippen LogP contribution in [-0.4, -0.2) is 21.7 Å². The summed E-state index contributed by atoms with van der Waals surface area (Å²) in [5, 5.41) is 0. The lowest BCUT2D eigenvalue weighted by Gasteiger charge is -2.31. The summed E-state index contributed by atoms with van der Waals surface area (Å²) < 4.78 is 5.20. The number of fused-ring (bicyclic) bond motifs is 1. The number of nitrogens with zero attached hydrogens (tertiary/aromatic N) is 1. The second kappa shape index (κ2) is 4.67. The van der Waals surface area contributed by atoms with Crippen molar-refractivity contribution in [2.75, 3.05) is 0 Å². The molecule has 0 saturated heterocycles. The first kappa shape index (κ1) is 12.7. The monoisotopic (exact) mass is 271 g/mol. The fourth-order valence-electron chi connectivity index (χ4n) is 2.72. The van der Waals surface area contributed by atoms with E-state index in [-0.39, 0.29) is 0 Å². The standard InChI is InChI=1S/C15H17N3O2/c1-15(20-14(16)19)6-4-10(5-7-15)11-9-18-12-3-2-8-17-13(11)12/h2-4,8-9,18H,5-7H2,1H3,(H2,16,19). The number of ether oxygens (including phenoxy) is 1. The Balaban J connectivity index is 1.88. The molecule has 3 rings (SSSR count). The Hall–Kier alpha value is -2.30. The number of primary amides is 1. The lowest BCUT2D eigenvalue weighted by atomic mass is 9.84. The minimum absolute atomic E-state index is 0.491. The number of aromatic nitrogens is 2. The third-order valence-corrected chi connectivity index (χ3v) is 3.83. The van der Waals surface area contributed by atoms with Gasteiger partial charge >= 0.3 is 6.09 Å². The molecule has 20 heavy (non-hydrogen) atoms. The van der Waals surface area contributed by atoms with Crippen LogP contribution in [0.2, 0.25) is 0 Å². The number of hydrogen-bond donors (Lipinski definition) is 2. The molecular formula is C15H17N3O2. The predicted octanol–water partition coefficient (Wildman–Crippen LogP) is 2.98. The highest BCUT2D eigenvalue weighted by Crippen LogP contribution is 2.36. The topological polar surface area (TPSA) is 81.0 Å². The van der Waals surface area contributed by atoms with Gasteiger partial charge in [-0.25, -0.2) is 4.79 Å². The number of pyridine rings is 1. The first-order valence-electron chi connectivity index (χ1n) is 6.67. The second-order valence-corrected chi connectivity index (χ2v) is 5.41. The van der Waals surface area contributed by atoms with Crippen molar-refractivity contribution in [2.45, 2.75) is 31.8 Å². The van der Waals surface area contributed by atoms with Gasteiger partial charge in [0.1, 0.15) is 5.60 Å². The molecular weight excluding hydrogens is 254 g/mol. The average Bonchev–Trinajstić information content (AvgIpc) is 2.82. The smallest absolute Gasteiger partial charge is 0.405 e. The number of aromatic amines is 1. The summed E-state index contributed by atoms with van der Waals surface area (Å²) in [4.78, 5) is 18.6. The van der Waals surface area contributed by atoms with Crippen molar-refractivity contribution < 1.29 is 9.53 Å². The Morgan fingerprint density at radius 2 is 2.40 bits per heavy atom. The van der Waals surface area contributed by atoms with E-state index in [4.69, 9.17) is 10.5 Å². The van der Waals surface area contributed by atoms with E-state index in [2.05, 4.69) is 16.0 Å². The Morgan fingerprint density at radius 3 is 3.10 bits per heavy atom. The molecule has 0 radical (unpaired) electrons. The molecule has 0 saturated carbocycles. The number of nitrogens with two attached hydrogens (primary N) is 1. The predicted molar refractivity (Wildman–Crippen MR) is 77.0 cm³/mol. The van der Waals surface area contributed by atoms with E-state index in [0.717, 1.165) is 29.4 Å². The van der Waals surface area contributed by atoms with Crippen molar-refractivity contribution in [3.63, 3.8) is 0 Å². The zero-order valence-corrected chi connectivity index (χ0v) is 11.3. The van der Waals surface area contributed by atoms with Crippen molar-refractivity contribution in [2.24, 2.45) is 5.73 Å². The van der Waals surface area contributed by atoms with Gasteiger partial charge in [0, 0.05) is 24.4 Å². The Labute approximate surface area is 116 Å². The van der Waals surface area contributed by atoms with E-state index < -0.39 is 11.7 Å². The molecule has 1 unspecified atom stereocenters. The van der Waals surface area contributed by atoms with Gasteiger partial charge in [0.15, 0.2) is 0 Å². The van der Waals surface area contributed by atoms with Crippen LogP contribution in [0.1, 0.15) is 31.7 Å². The third-order valence-electron chi connectivity index (χ3n) is 3.83. The van der Waals surface area contributed by atoms with Crippen molar-refractivity contribution in [1.29, 1.82) is 0 Å². The molecule has 0 spiro atoms. The highest BCUT2D eigenvalue weighted by atomic mass is 16.6. The normalized spacial score (nSPS) is 22.6. The molecule has 0 aliphatic heterocycles. The van der Waals surface area contributed by atoms with Gasteiger partial charge in [-0.2, -0.15) is 0 Å². The first-order chi connectivity index (χ1) is 9.57. The van der Waals surface area contributed by atoms with Gasteiger partial charge in [0.05, 0.1) is 11.0 Å². The summed E-state index contributed by atoms with van der Waals surface area (Å²) in [5.41, 5.74) is 9.00. The molecule has 1 aliphatic carbocycles. The number of carbonyl (C=O) groups is 1. The summed E-state index contributed by atoms with van der Waals surface area (Å²) in [6.45, 7) is 1.92. The van der Waals surface area contributed by atoms with Crippen molar-refractivity contribution >= 4 is 22.7 Å². The lowest BCUT2D eigenvalue weighted by Crippen LogP contribution is -2.35. The van der Waals surface area contributed by atoms with E-state index in [1.54, 1.807) is 6.20 Å². The van der Waals surface area contributed by atoms with Crippen molar-refractivity contribution in [1.82, 2.24) is 9.97 Å². The number of amides is 1. The van der Waals surface area contributed by atoms with E-state index in [0.29, 0.717) is 6.42 Å². The maximum Gasteiger partial charge on any atom is 0.405 e. The van der Waals surface area contributed by atoms with Gasteiger partial charge in [0.25, 0.3) is 0 Å². The summed E-state index contributed by atoms with van der Waals surface area (Å²) in [7, 11) is 0. The van der Waals surface area contributed by atoms with Crippen LogP contribution in [0.5, 0.6) is 0 Å². The molecule has 104 valence electrons. The van der Waals surface area contributed by atoms with Crippen molar-refractivity contribution in [3.05, 3.63) is 36.2 Å². The number of carbonyl (C=O) groups excluding carboxylic acids is 1. The SMILES string of the molecule is CC1(OC(N)=O)CC=C(c2c[nH]c3cccnc23)CC1. The molecule has 0 fully saturated rings. The zero-order chi connectivity index (χ0) is 14.2. The number of hydrogen-bond acceptors (Lipinski definition) is 3. The summed E-state index contributed by atoms with van der Waals surface area (Å²) in [6, 6.07) is 3.92. The molecule has 1 amide bonds. The Bertz CT molecular complexity index is 689. The number of H-pyrrole nitrogens is 1. The van der Waals surface area contributed by atoms with Crippen LogP contribution in [0, 0.1) is 0 Å². The van der Waals surface area contributed by atoms with Crippen LogP contribution in [0.15, 0.2) is 30.6 Å². The van der Waals surface area contributed by atoms with Crippen LogP contribution in [0.4, 0.5) is 4.79 Å². The summed E-state index contributed by atoms with van der Waals surface area (Å²) >= 11 is 0. The molecule has 0 bridgehead atoms. The van der Waals surface area contributed by atoms with Crippen LogP contribution >= 0.6 is 0 Å². The van der Waals surface area contributed by atoms with E-state index in [9.17, 15) is 4.79 Å². The van der Waals surface area contributed by atoms with Crippen LogP contribution < -0.4 is 5.73 Å². The number of allylic oxidation sites excluding steroid dienone is 1. The summed E-state index contributed by atoms with van der Waals surface area (Å²) in [6.07, 6.45) is 7.46. The van der Waals surface area contributed by atoms with E-state index in [1.165, 1.54) is 5.57 Å². The molecule has 2 aromatic heterocycles. The Kier molecular flexibility index (Phi) is 2.97. The van der Waals surface area contributed by atoms with Gasteiger partial charge in [-0.1, -0.05) is 6.08 Å². The third kappa shape index (κ3) is 2.27. The van der Waals surface area contributed by atoms with Crippen LogP contribution in [0.25, 0.3) is 16.6 Å². The molecule has 2 heterocycles. The van der Waals surface area contributed by atoms with Crippen molar-refractivity contribution in [3.8, 4) is 0 Å².